The monoisotopic (exact) mass is 392 g/mol. The molecule has 0 N–H and O–H groups in total. The van der Waals surface area contributed by atoms with Crippen LogP contribution in [-0.2, 0) is 19.1 Å². The minimum absolute atomic E-state index is 0.0169. The van der Waals surface area contributed by atoms with E-state index in [4.69, 9.17) is 9.47 Å². The molecule has 0 aromatic rings. The Balaban J connectivity index is 1.62. The SMILES string of the molecule is CCC(CC)C(=O)OC[C@@H]1C[C@@H]2[C@H]3CC[C@@H](C3)[C@H]2[C@H]1COC(=O)C(CC)CC. The molecule has 160 valence electrons. The Morgan fingerprint density at radius 1 is 0.786 bits per heavy atom. The number of fused-ring (bicyclic) bond motifs is 5. The Morgan fingerprint density at radius 2 is 1.32 bits per heavy atom. The van der Waals surface area contributed by atoms with Gasteiger partial charge in [-0.05, 0) is 81.0 Å². The highest BCUT2D eigenvalue weighted by atomic mass is 16.5. The molecule has 6 atom stereocenters. The second-order valence-electron chi connectivity index (χ2n) is 9.52. The molecule has 4 nitrogen and oxygen atoms in total. The van der Waals surface area contributed by atoms with E-state index in [9.17, 15) is 9.59 Å². The Labute approximate surface area is 171 Å². The van der Waals surface area contributed by atoms with Crippen molar-refractivity contribution in [2.45, 2.75) is 79.1 Å². The molecule has 0 heterocycles. The van der Waals surface area contributed by atoms with Gasteiger partial charge in [-0.3, -0.25) is 9.59 Å². The van der Waals surface area contributed by atoms with Crippen LogP contribution < -0.4 is 0 Å². The topological polar surface area (TPSA) is 52.6 Å². The van der Waals surface area contributed by atoms with E-state index in [1.807, 2.05) is 13.8 Å². The lowest BCUT2D eigenvalue weighted by molar-refractivity contribution is -0.155. The quantitative estimate of drug-likeness (QED) is 0.477. The van der Waals surface area contributed by atoms with E-state index in [1.165, 1.54) is 19.3 Å². The van der Waals surface area contributed by atoms with Gasteiger partial charge in [0.25, 0.3) is 0 Å². The molecule has 0 unspecified atom stereocenters. The van der Waals surface area contributed by atoms with Crippen molar-refractivity contribution in [3.8, 4) is 0 Å². The molecule has 3 rings (SSSR count). The molecule has 3 fully saturated rings. The lowest BCUT2D eigenvalue weighted by atomic mass is 9.77. The second kappa shape index (κ2) is 9.63. The molecular formula is C24H40O4. The van der Waals surface area contributed by atoms with Gasteiger partial charge in [-0.2, -0.15) is 0 Å². The van der Waals surface area contributed by atoms with Crippen molar-refractivity contribution in [2.24, 2.45) is 47.3 Å². The summed E-state index contributed by atoms with van der Waals surface area (Å²) < 4.78 is 11.6. The molecule has 3 saturated carbocycles. The van der Waals surface area contributed by atoms with E-state index < -0.39 is 0 Å². The van der Waals surface area contributed by atoms with Crippen molar-refractivity contribution >= 4 is 11.9 Å². The summed E-state index contributed by atoms with van der Waals surface area (Å²) >= 11 is 0. The van der Waals surface area contributed by atoms with Crippen LogP contribution >= 0.6 is 0 Å². The summed E-state index contributed by atoms with van der Waals surface area (Å²) in [6.07, 6.45) is 8.58. The molecule has 4 heteroatoms. The fraction of sp³-hybridized carbons (Fsp3) is 0.917. The Bertz CT molecular complexity index is 537. The highest BCUT2D eigenvalue weighted by molar-refractivity contribution is 5.72. The van der Waals surface area contributed by atoms with E-state index in [2.05, 4.69) is 13.8 Å². The fourth-order valence-corrected chi connectivity index (χ4v) is 6.60. The summed E-state index contributed by atoms with van der Waals surface area (Å²) in [5, 5.41) is 0. The van der Waals surface area contributed by atoms with Crippen LogP contribution in [0, 0.1) is 47.3 Å². The lowest BCUT2D eigenvalue weighted by Gasteiger charge is -2.30. The largest absolute Gasteiger partial charge is 0.465 e. The van der Waals surface area contributed by atoms with Crippen molar-refractivity contribution in [1.29, 1.82) is 0 Å². The molecule has 0 saturated heterocycles. The Morgan fingerprint density at radius 3 is 1.89 bits per heavy atom. The number of ether oxygens (including phenoxy) is 2. The van der Waals surface area contributed by atoms with Gasteiger partial charge >= 0.3 is 11.9 Å². The van der Waals surface area contributed by atoms with Crippen LogP contribution in [0.25, 0.3) is 0 Å². The van der Waals surface area contributed by atoms with Crippen LogP contribution in [0.4, 0.5) is 0 Å². The minimum Gasteiger partial charge on any atom is -0.465 e. The number of rotatable bonds is 10. The summed E-state index contributed by atoms with van der Waals surface area (Å²) in [6.45, 7) is 9.23. The zero-order valence-corrected chi connectivity index (χ0v) is 18.3. The summed E-state index contributed by atoms with van der Waals surface area (Å²) in [6, 6.07) is 0. The van der Waals surface area contributed by atoms with Crippen LogP contribution in [0.15, 0.2) is 0 Å². The number of esters is 2. The highest BCUT2D eigenvalue weighted by Gasteiger charge is 2.57. The third-order valence-corrected chi connectivity index (χ3v) is 8.33. The average molecular weight is 393 g/mol. The lowest BCUT2D eigenvalue weighted by Crippen LogP contribution is -2.31. The molecule has 0 radical (unpaired) electrons. The first-order chi connectivity index (χ1) is 13.5. The Kier molecular flexibility index (Phi) is 7.44. The van der Waals surface area contributed by atoms with Crippen LogP contribution in [0.1, 0.15) is 79.1 Å². The smallest absolute Gasteiger partial charge is 0.308 e. The molecule has 0 aliphatic heterocycles. The molecule has 0 spiro atoms. The maximum absolute atomic E-state index is 12.4. The van der Waals surface area contributed by atoms with Crippen LogP contribution in [0.3, 0.4) is 0 Å². The standard InChI is InChI=1S/C24H40O4/c1-5-15(6-2)23(25)27-13-19-12-20-17-9-10-18(11-17)22(20)21(19)14-28-24(26)16(7-3)8-4/h15-22H,5-14H2,1-4H3/t17-,18-,19-,20+,21-,22+/m0/s1. The highest BCUT2D eigenvalue weighted by Crippen LogP contribution is 2.62. The maximum atomic E-state index is 12.4. The van der Waals surface area contributed by atoms with Gasteiger partial charge in [0.2, 0.25) is 0 Å². The summed E-state index contributed by atoms with van der Waals surface area (Å²) in [7, 11) is 0. The van der Waals surface area contributed by atoms with Crippen LogP contribution in [0.2, 0.25) is 0 Å². The van der Waals surface area contributed by atoms with Crippen molar-refractivity contribution < 1.29 is 19.1 Å². The van der Waals surface area contributed by atoms with Gasteiger partial charge in [0.05, 0.1) is 25.0 Å². The predicted molar refractivity (Wildman–Crippen MR) is 109 cm³/mol. The first kappa shape index (κ1) is 21.6. The van der Waals surface area contributed by atoms with Gasteiger partial charge in [0.15, 0.2) is 0 Å². The molecule has 3 aliphatic carbocycles. The minimum atomic E-state index is -0.0437. The van der Waals surface area contributed by atoms with Crippen molar-refractivity contribution in [3.63, 3.8) is 0 Å². The number of carbonyl (C=O) groups excluding carboxylic acids is 2. The predicted octanol–water partition coefficient (Wildman–Crippen LogP) is 5.24. The van der Waals surface area contributed by atoms with Gasteiger partial charge in [0, 0.05) is 5.92 Å². The maximum Gasteiger partial charge on any atom is 0.308 e. The number of hydrogen-bond acceptors (Lipinski definition) is 4. The third kappa shape index (κ3) is 4.26. The Hall–Kier alpha value is -1.06. The molecule has 0 aromatic heterocycles. The van der Waals surface area contributed by atoms with E-state index in [1.54, 1.807) is 0 Å². The van der Waals surface area contributed by atoms with E-state index in [0.717, 1.165) is 49.9 Å². The normalized spacial score (nSPS) is 33.5. The molecule has 0 aromatic carbocycles. The fourth-order valence-electron chi connectivity index (χ4n) is 6.60. The van der Waals surface area contributed by atoms with Gasteiger partial charge in [-0.15, -0.1) is 0 Å². The molecular weight excluding hydrogens is 352 g/mol. The van der Waals surface area contributed by atoms with Gasteiger partial charge in [-0.25, -0.2) is 0 Å². The van der Waals surface area contributed by atoms with Gasteiger partial charge in [0.1, 0.15) is 0 Å². The second-order valence-corrected chi connectivity index (χ2v) is 9.52. The van der Waals surface area contributed by atoms with Gasteiger partial charge < -0.3 is 9.47 Å². The van der Waals surface area contributed by atoms with Crippen molar-refractivity contribution in [1.82, 2.24) is 0 Å². The van der Waals surface area contributed by atoms with E-state index >= 15 is 0 Å². The molecule has 0 amide bonds. The molecule has 28 heavy (non-hydrogen) atoms. The number of hydrogen-bond donors (Lipinski definition) is 0. The average Bonchev–Trinajstić information content (AvgIpc) is 3.39. The van der Waals surface area contributed by atoms with E-state index in [-0.39, 0.29) is 23.8 Å². The first-order valence-electron chi connectivity index (χ1n) is 11.9. The van der Waals surface area contributed by atoms with Crippen molar-refractivity contribution in [3.05, 3.63) is 0 Å². The van der Waals surface area contributed by atoms with Gasteiger partial charge in [-0.1, -0.05) is 27.7 Å². The zero-order valence-electron chi connectivity index (χ0n) is 18.3. The van der Waals surface area contributed by atoms with Crippen molar-refractivity contribution in [2.75, 3.05) is 13.2 Å². The van der Waals surface area contributed by atoms with Crippen LogP contribution in [0.5, 0.6) is 0 Å². The third-order valence-electron chi connectivity index (χ3n) is 8.33. The zero-order chi connectivity index (χ0) is 20.3. The first-order valence-corrected chi connectivity index (χ1v) is 11.9. The van der Waals surface area contributed by atoms with E-state index in [0.29, 0.717) is 31.0 Å². The summed E-state index contributed by atoms with van der Waals surface area (Å²) in [5.74, 6) is 3.75. The summed E-state index contributed by atoms with van der Waals surface area (Å²) in [5.41, 5.74) is 0. The summed E-state index contributed by atoms with van der Waals surface area (Å²) in [4.78, 5) is 24.8. The number of carbonyl (C=O) groups is 2. The van der Waals surface area contributed by atoms with Crippen LogP contribution in [-0.4, -0.2) is 25.2 Å². The molecule has 3 aliphatic rings. The molecule has 2 bridgehead atoms.